The molecule has 16 heteroatoms. The van der Waals surface area contributed by atoms with Crippen molar-refractivity contribution in [3.63, 3.8) is 0 Å². The summed E-state index contributed by atoms with van der Waals surface area (Å²) < 4.78 is 0. The Bertz CT molecular complexity index is 3380. The Morgan fingerprint density at radius 1 is 0.603 bits per heavy atom. The minimum Gasteiger partial charge on any atom is -0.394 e. The number of piperazine rings is 1. The van der Waals surface area contributed by atoms with Crippen molar-refractivity contribution in [2.45, 2.75) is 121 Å². The van der Waals surface area contributed by atoms with Crippen LogP contribution in [-0.2, 0) is 43.8 Å². The summed E-state index contributed by atoms with van der Waals surface area (Å²) in [5.74, 6) is 3.66. The van der Waals surface area contributed by atoms with E-state index in [0.717, 1.165) is 138 Å². The van der Waals surface area contributed by atoms with Crippen molar-refractivity contribution in [1.29, 1.82) is 10.5 Å². The zero-order valence-corrected chi connectivity index (χ0v) is 44.6. The molecule has 1 amide bonds. The quantitative estimate of drug-likeness (QED) is 0.121. The van der Waals surface area contributed by atoms with Crippen molar-refractivity contribution in [3.05, 3.63) is 130 Å². The summed E-state index contributed by atoms with van der Waals surface area (Å²) in [7, 11) is 0. The highest BCUT2D eigenvalue weighted by Gasteiger charge is 2.41. The number of nitrogens with zero attached hydrogens (tertiary/aromatic N) is 13. The molecule has 6 aliphatic heterocycles. The van der Waals surface area contributed by atoms with Crippen LogP contribution in [0.5, 0.6) is 0 Å². The lowest BCUT2D eigenvalue weighted by Gasteiger charge is -2.41. The first kappa shape index (κ1) is 50.3. The molecular formula is C62H69N13O3. The van der Waals surface area contributed by atoms with Gasteiger partial charge in [-0.25, -0.2) is 9.97 Å². The van der Waals surface area contributed by atoms with Crippen LogP contribution in [0.2, 0.25) is 0 Å². The third kappa shape index (κ3) is 8.96. The number of nitriles is 2. The Labute approximate surface area is 456 Å². The van der Waals surface area contributed by atoms with E-state index in [9.17, 15) is 25.5 Å². The van der Waals surface area contributed by atoms with Gasteiger partial charge in [-0.15, -0.1) is 0 Å². The zero-order chi connectivity index (χ0) is 53.0. The molecule has 2 aliphatic carbocycles. The molecule has 0 bridgehead atoms. The van der Waals surface area contributed by atoms with Crippen LogP contribution in [0.4, 0.5) is 23.5 Å². The fraction of sp³-hybridized carbons (Fsp3) is 0.468. The Kier molecular flexibility index (Phi) is 13.7. The largest absolute Gasteiger partial charge is 0.394 e. The highest BCUT2D eigenvalue weighted by Crippen LogP contribution is 2.47. The molecule has 6 aromatic rings. The second kappa shape index (κ2) is 21.2. The molecule has 4 aromatic carbocycles. The van der Waals surface area contributed by atoms with Crippen molar-refractivity contribution >= 4 is 51.0 Å². The van der Waals surface area contributed by atoms with Gasteiger partial charge in [0.2, 0.25) is 17.8 Å². The Balaban J connectivity index is 0.000000149. The first-order valence-electron chi connectivity index (χ1n) is 28.5. The molecule has 400 valence electrons. The number of anilines is 4. The number of fused-ring (bicyclic) bond motifs is 2. The first-order chi connectivity index (χ1) is 38.3. The Hall–Kier alpha value is -7.21. The van der Waals surface area contributed by atoms with Crippen LogP contribution in [0.25, 0.3) is 21.5 Å². The molecule has 0 radical (unpaired) electrons. The number of benzene rings is 4. The van der Waals surface area contributed by atoms with Crippen LogP contribution < -0.4 is 19.6 Å². The number of piperidine rings is 1. The zero-order valence-electron chi connectivity index (χ0n) is 44.6. The first-order valence-corrected chi connectivity index (χ1v) is 28.5. The van der Waals surface area contributed by atoms with E-state index in [1.54, 1.807) is 4.90 Å². The van der Waals surface area contributed by atoms with Crippen molar-refractivity contribution in [3.8, 4) is 12.1 Å². The van der Waals surface area contributed by atoms with Crippen molar-refractivity contribution in [2.24, 2.45) is 5.92 Å². The van der Waals surface area contributed by atoms with Gasteiger partial charge in [0.15, 0.2) is 0 Å². The molecule has 6 atom stereocenters. The van der Waals surface area contributed by atoms with Gasteiger partial charge in [-0.1, -0.05) is 79.4 Å². The number of rotatable bonds is 11. The number of hydrogen-bond donors (Lipinski definition) is 2. The van der Waals surface area contributed by atoms with E-state index >= 15 is 0 Å². The summed E-state index contributed by atoms with van der Waals surface area (Å²) in [6, 6.07) is 31.8. The van der Waals surface area contributed by atoms with E-state index in [-0.39, 0.29) is 49.7 Å². The summed E-state index contributed by atoms with van der Waals surface area (Å²) >= 11 is 0. The third-order valence-electron chi connectivity index (χ3n) is 18.5. The van der Waals surface area contributed by atoms with Gasteiger partial charge >= 0.3 is 0 Å². The monoisotopic (exact) mass is 1040 g/mol. The average Bonchev–Trinajstić information content (AvgIpc) is 4.41. The summed E-state index contributed by atoms with van der Waals surface area (Å²) in [5.41, 5.74) is 10.2. The summed E-state index contributed by atoms with van der Waals surface area (Å²) in [4.78, 5) is 49.1. The van der Waals surface area contributed by atoms with Crippen molar-refractivity contribution in [2.75, 3.05) is 78.6 Å². The number of carbonyl (C=O) groups excluding carboxylic acids is 1. The van der Waals surface area contributed by atoms with E-state index in [0.29, 0.717) is 44.0 Å². The second-order valence-electron chi connectivity index (χ2n) is 22.9. The molecule has 8 heterocycles. The predicted molar refractivity (Wildman–Crippen MR) is 302 cm³/mol. The van der Waals surface area contributed by atoms with E-state index in [1.807, 2.05) is 0 Å². The molecule has 78 heavy (non-hydrogen) atoms. The number of amides is 1. The third-order valence-corrected chi connectivity index (χ3v) is 18.5. The van der Waals surface area contributed by atoms with Crippen LogP contribution in [0.3, 0.4) is 0 Å². The standard InChI is InChI=1S/C32H35N7O2.C30H34N6O/c1-2-29(41)38-15-14-36(17-23(38)11-12-33)31-26-18-37(19-27(26)34-32(35-31)39-13-5-9-24(39)20-40)28-16-22-8-3-6-21-7-4-10-25(28)30(21)22;31-12-11-20-5-3-13-34(16-20)29-25-17-35(18-26(25)32-30(33-29)36-14-4-9-23(36)19-37)27-15-22-8-1-6-21-7-2-10-24(27)28(21)22/h2-4,6-8,10,23-24,28,40H,1,5,9,11,13-20H2;1-2,6-8,10,20,23,27,37H,3-5,9,11,13-19H2/t23-,24-,28?;20-,23-,27?/m00/s1. The molecule has 0 saturated carbocycles. The molecule has 4 fully saturated rings. The maximum atomic E-state index is 12.6. The molecule has 2 aromatic heterocycles. The minimum absolute atomic E-state index is 0.0220. The molecule has 16 nitrogen and oxygen atoms in total. The highest BCUT2D eigenvalue weighted by atomic mass is 16.3. The van der Waals surface area contributed by atoms with Gasteiger partial charge in [0.25, 0.3) is 0 Å². The van der Waals surface area contributed by atoms with E-state index in [2.05, 4.69) is 121 Å². The van der Waals surface area contributed by atoms with Gasteiger partial charge < -0.3 is 34.7 Å². The maximum absolute atomic E-state index is 12.6. The fourth-order valence-corrected chi connectivity index (χ4v) is 14.7. The normalized spacial score (nSPS) is 24.4. The smallest absolute Gasteiger partial charge is 0.246 e. The van der Waals surface area contributed by atoms with Gasteiger partial charge in [-0.2, -0.15) is 20.5 Å². The molecule has 0 spiro atoms. The van der Waals surface area contributed by atoms with E-state index < -0.39 is 0 Å². The van der Waals surface area contributed by atoms with Crippen LogP contribution in [0, 0.1) is 28.6 Å². The van der Waals surface area contributed by atoms with Crippen LogP contribution >= 0.6 is 0 Å². The number of aliphatic hydroxyl groups excluding tert-OH is 2. The molecule has 8 aliphatic rings. The summed E-state index contributed by atoms with van der Waals surface area (Å²) in [5, 5.41) is 44.4. The van der Waals surface area contributed by atoms with Crippen LogP contribution in [-0.4, -0.2) is 128 Å². The maximum Gasteiger partial charge on any atom is 0.246 e. The minimum atomic E-state index is -0.232. The van der Waals surface area contributed by atoms with Crippen molar-refractivity contribution in [1.82, 2.24) is 34.6 Å². The van der Waals surface area contributed by atoms with Crippen molar-refractivity contribution < 1.29 is 15.0 Å². The molecule has 14 rings (SSSR count). The number of hydrogen-bond acceptors (Lipinski definition) is 15. The average molecular weight is 1040 g/mol. The van der Waals surface area contributed by atoms with Gasteiger partial charge in [-0.3, -0.25) is 14.6 Å². The highest BCUT2D eigenvalue weighted by molar-refractivity contribution is 5.92. The lowest BCUT2D eigenvalue weighted by Crippen LogP contribution is -2.55. The number of carbonyl (C=O) groups is 1. The predicted octanol–water partition coefficient (Wildman–Crippen LogP) is 7.65. The van der Waals surface area contributed by atoms with Gasteiger partial charge in [0.05, 0.1) is 61.3 Å². The van der Waals surface area contributed by atoms with Crippen LogP contribution in [0.15, 0.2) is 85.5 Å². The number of aliphatic hydroxyl groups is 2. The van der Waals surface area contributed by atoms with Gasteiger partial charge in [0.1, 0.15) is 11.6 Å². The van der Waals surface area contributed by atoms with Crippen LogP contribution in [0.1, 0.15) is 108 Å². The van der Waals surface area contributed by atoms with E-state index in [4.69, 9.17) is 19.9 Å². The molecule has 2 N–H and O–H groups in total. The topological polar surface area (TPSA) is 179 Å². The molecule has 2 unspecified atom stereocenters. The second-order valence-corrected chi connectivity index (χ2v) is 22.9. The van der Waals surface area contributed by atoms with Gasteiger partial charge in [0, 0.05) is 102 Å². The Morgan fingerprint density at radius 3 is 1.63 bits per heavy atom. The lowest BCUT2D eigenvalue weighted by atomic mass is 9.95. The molecule has 4 saturated heterocycles. The summed E-state index contributed by atoms with van der Waals surface area (Å²) in [6.07, 6.45) is 10.4. The summed E-state index contributed by atoms with van der Waals surface area (Å²) in [6.45, 7) is 12.3. The SMILES string of the molecule is C=CC(=O)N1CCN(c2nc(N3CCC[C@H]3CO)nc3c2CN(C2Cc4cccc5cccc2c45)C3)C[C@@H]1CC#N.N#CC[C@@H]1CCCN(c2nc(N3CCC[C@H]3CO)nc3c2CN(C2Cc4cccc5cccc2c45)C3)C1. The number of aromatic nitrogens is 4. The lowest BCUT2D eigenvalue weighted by molar-refractivity contribution is -0.128. The fourth-order valence-electron chi connectivity index (χ4n) is 14.7. The Morgan fingerprint density at radius 2 is 1.12 bits per heavy atom. The molecular weight excluding hydrogens is 975 g/mol. The van der Waals surface area contributed by atoms with Gasteiger partial charge in [-0.05, 0) is 107 Å². The van der Waals surface area contributed by atoms with E-state index in [1.165, 1.54) is 55.4 Å².